The van der Waals surface area contributed by atoms with Gasteiger partial charge in [-0.15, -0.1) is 0 Å². The summed E-state index contributed by atoms with van der Waals surface area (Å²) in [6, 6.07) is 38.9. The van der Waals surface area contributed by atoms with Crippen LogP contribution in [0.4, 0.5) is 0 Å². The topological polar surface area (TPSA) is 0 Å². The molecule has 4 aromatic rings. The van der Waals surface area contributed by atoms with Crippen LogP contribution in [0.5, 0.6) is 0 Å². The number of benzene rings is 4. The lowest BCUT2D eigenvalue weighted by Crippen LogP contribution is -2.44. The monoisotopic (exact) mass is 574 g/mol. The number of rotatable bonds is 3. The van der Waals surface area contributed by atoms with Gasteiger partial charge in [0.25, 0.3) is 0 Å². The highest BCUT2D eigenvalue weighted by molar-refractivity contribution is 5.50. The van der Waals surface area contributed by atoms with Gasteiger partial charge in [0.05, 0.1) is 0 Å². The molecular formula is C43H58. The van der Waals surface area contributed by atoms with E-state index in [1.807, 2.05) is 45.9 Å². The van der Waals surface area contributed by atoms with Gasteiger partial charge >= 0.3 is 0 Å². The van der Waals surface area contributed by atoms with E-state index >= 15 is 0 Å². The highest BCUT2D eigenvalue weighted by atomic mass is 14.8. The van der Waals surface area contributed by atoms with Crippen molar-refractivity contribution in [2.75, 3.05) is 0 Å². The fourth-order valence-corrected chi connectivity index (χ4v) is 8.95. The Morgan fingerprint density at radius 3 is 1.05 bits per heavy atom. The molecular weight excluding hydrogens is 516 g/mol. The summed E-state index contributed by atoms with van der Waals surface area (Å²) in [6.07, 6.45) is 6.55. The van der Waals surface area contributed by atoms with E-state index in [1.165, 1.54) is 54.4 Å². The summed E-state index contributed by atoms with van der Waals surface area (Å²) in [6.45, 7) is 19.3. The van der Waals surface area contributed by atoms with E-state index in [0.717, 1.165) is 0 Å². The molecule has 4 aliphatic carbocycles. The largest absolute Gasteiger partial charge is 0.0776 e. The second-order valence-electron chi connectivity index (χ2n) is 13.3. The maximum Gasteiger partial charge on any atom is 0.00243 e. The van der Waals surface area contributed by atoms with Gasteiger partial charge in [-0.2, -0.15) is 0 Å². The molecule has 0 aliphatic heterocycles. The van der Waals surface area contributed by atoms with Crippen LogP contribution in [-0.2, 0) is 16.2 Å². The predicted molar refractivity (Wildman–Crippen MR) is 190 cm³/mol. The molecule has 4 bridgehead atoms. The van der Waals surface area contributed by atoms with Crippen LogP contribution in [0.15, 0.2) is 103 Å². The van der Waals surface area contributed by atoms with Gasteiger partial charge in [0.15, 0.2) is 0 Å². The molecule has 4 fully saturated rings. The fraction of sp³-hybridized carbons (Fsp3) is 0.442. The Hall–Kier alpha value is -3.12. The Morgan fingerprint density at radius 1 is 0.395 bits per heavy atom. The first kappa shape index (κ1) is 34.4. The fourth-order valence-electron chi connectivity index (χ4n) is 8.95. The Bertz CT molecular complexity index is 1350. The van der Waals surface area contributed by atoms with Gasteiger partial charge < -0.3 is 0 Å². The van der Waals surface area contributed by atoms with E-state index in [0.29, 0.717) is 5.41 Å². The Morgan fingerprint density at radius 2 is 0.721 bits per heavy atom. The van der Waals surface area contributed by atoms with E-state index in [9.17, 15) is 0 Å². The number of aryl methyl sites for hydroxylation is 4. The lowest BCUT2D eigenvalue weighted by molar-refractivity contribution is 0.160. The van der Waals surface area contributed by atoms with Crippen molar-refractivity contribution in [1.29, 1.82) is 0 Å². The second-order valence-corrected chi connectivity index (χ2v) is 13.3. The molecule has 0 amide bonds. The summed E-state index contributed by atoms with van der Waals surface area (Å²) in [4.78, 5) is 0. The molecule has 0 spiro atoms. The van der Waals surface area contributed by atoms with Gasteiger partial charge in [0.1, 0.15) is 0 Å². The summed E-state index contributed by atoms with van der Waals surface area (Å²) in [5, 5.41) is 0. The van der Waals surface area contributed by atoms with Crippen LogP contribution in [0.25, 0.3) is 0 Å². The molecule has 2 unspecified atom stereocenters. The summed E-state index contributed by atoms with van der Waals surface area (Å²) >= 11 is 0. The third-order valence-electron chi connectivity index (χ3n) is 10.4. The molecule has 0 heteroatoms. The van der Waals surface area contributed by atoms with Crippen LogP contribution in [0, 0.1) is 33.1 Å². The minimum absolute atomic E-state index is 0. The summed E-state index contributed by atoms with van der Waals surface area (Å²) in [5.41, 5.74) is 11.3. The average Bonchev–Trinajstić information content (AvgIpc) is 3.31. The predicted octanol–water partition coefficient (Wildman–Crippen LogP) is 12.4. The lowest BCUT2D eigenvalue weighted by atomic mass is 9.54. The first-order chi connectivity index (χ1) is 20.2. The molecule has 0 aromatic heterocycles. The highest BCUT2D eigenvalue weighted by Gasteiger charge is 2.75. The average molecular weight is 575 g/mol. The molecule has 0 N–H and O–H groups in total. The highest BCUT2D eigenvalue weighted by Crippen LogP contribution is 2.80. The first-order valence-corrected chi connectivity index (χ1v) is 16.4. The molecule has 4 aromatic carbocycles. The zero-order valence-electron chi connectivity index (χ0n) is 27.9. The minimum atomic E-state index is 0. The van der Waals surface area contributed by atoms with Crippen LogP contribution in [-0.4, -0.2) is 0 Å². The maximum atomic E-state index is 2.62. The smallest absolute Gasteiger partial charge is 0.00243 e. The van der Waals surface area contributed by atoms with E-state index in [2.05, 4.69) is 120 Å². The number of hydrogen-bond donors (Lipinski definition) is 0. The Kier molecular flexibility index (Phi) is 10.9. The molecule has 43 heavy (non-hydrogen) atoms. The molecule has 4 aliphatic rings. The van der Waals surface area contributed by atoms with Gasteiger partial charge in [0, 0.05) is 5.41 Å². The summed E-state index contributed by atoms with van der Waals surface area (Å²) < 4.78 is 0. The van der Waals surface area contributed by atoms with Gasteiger partial charge in [0.2, 0.25) is 0 Å². The van der Waals surface area contributed by atoms with Crippen molar-refractivity contribution < 1.29 is 0 Å². The van der Waals surface area contributed by atoms with Crippen molar-refractivity contribution in [2.24, 2.45) is 5.41 Å². The van der Waals surface area contributed by atoms with Crippen molar-refractivity contribution >= 4 is 0 Å². The van der Waals surface area contributed by atoms with E-state index in [1.54, 1.807) is 16.7 Å². The van der Waals surface area contributed by atoms with Crippen LogP contribution in [0.3, 0.4) is 0 Å². The van der Waals surface area contributed by atoms with Crippen molar-refractivity contribution in [3.8, 4) is 0 Å². The molecule has 0 nitrogen and oxygen atoms in total. The molecule has 0 saturated heterocycles. The summed E-state index contributed by atoms with van der Waals surface area (Å²) in [7, 11) is 0. The number of hydrogen-bond acceptors (Lipinski definition) is 0. The van der Waals surface area contributed by atoms with Crippen molar-refractivity contribution in [3.63, 3.8) is 0 Å². The van der Waals surface area contributed by atoms with E-state index in [-0.39, 0.29) is 23.7 Å². The zero-order chi connectivity index (χ0) is 30.6. The van der Waals surface area contributed by atoms with E-state index in [4.69, 9.17) is 0 Å². The van der Waals surface area contributed by atoms with Gasteiger partial charge in [-0.05, 0) is 92.7 Å². The first-order valence-electron chi connectivity index (χ1n) is 16.4. The van der Waals surface area contributed by atoms with Crippen molar-refractivity contribution in [1.82, 2.24) is 0 Å². The Balaban J connectivity index is 0.000000365. The molecule has 4 saturated carbocycles. The minimum Gasteiger partial charge on any atom is -0.0776 e. The third kappa shape index (κ3) is 6.26. The van der Waals surface area contributed by atoms with Crippen LogP contribution in [0.1, 0.15) is 113 Å². The molecule has 2 atom stereocenters. The quantitative estimate of drug-likeness (QED) is 0.228. The molecule has 230 valence electrons. The van der Waals surface area contributed by atoms with Gasteiger partial charge in [-0.1, -0.05) is 167 Å². The van der Waals surface area contributed by atoms with Crippen LogP contribution in [0.2, 0.25) is 0 Å². The SMILES string of the molecule is C.CC.CC.Cc1ccc(C23CC4(c5ccc(C)cc5)CC(C)(C2)C(c2ccc(C)cc2)(C3)C4)cc1.Cc1ccccc1. The molecule has 0 radical (unpaired) electrons. The standard InChI is InChI=1S/C31H34.C7H8.2C2H6.CH4/c1-22-5-11-25(12-6-22)29-17-28(4)18-30(19-29,26-13-7-23(2)8-14-26)21-31(28,20-29)27-15-9-24(3)10-16-27;1-7-5-3-2-4-6-7;2*1-2;/h5-16H,17-21H2,1-4H3;2-6H,1H3;2*1-2H3;1H4. The molecule has 0 heterocycles. The maximum absolute atomic E-state index is 2.62. The van der Waals surface area contributed by atoms with Gasteiger partial charge in [-0.25, -0.2) is 0 Å². The van der Waals surface area contributed by atoms with Crippen molar-refractivity contribution in [3.05, 3.63) is 142 Å². The normalized spacial score (nSPS) is 27.4. The van der Waals surface area contributed by atoms with Crippen molar-refractivity contribution in [2.45, 2.75) is 118 Å². The summed E-state index contributed by atoms with van der Waals surface area (Å²) in [5.74, 6) is 0. The third-order valence-corrected chi connectivity index (χ3v) is 10.4. The molecule has 8 rings (SSSR count). The van der Waals surface area contributed by atoms with Crippen LogP contribution < -0.4 is 0 Å². The zero-order valence-corrected chi connectivity index (χ0v) is 27.9. The van der Waals surface area contributed by atoms with Gasteiger partial charge in [-0.3, -0.25) is 0 Å². The second kappa shape index (κ2) is 13.7. The lowest BCUT2D eigenvalue weighted by Gasteiger charge is -2.49. The van der Waals surface area contributed by atoms with E-state index < -0.39 is 0 Å². The Labute approximate surface area is 265 Å². The van der Waals surface area contributed by atoms with Crippen LogP contribution >= 0.6 is 0 Å².